The predicted molar refractivity (Wildman–Crippen MR) is 104 cm³/mol. The van der Waals surface area contributed by atoms with Gasteiger partial charge >= 0.3 is 0 Å². The standard InChI is InChI=1S/C21H20N4O2/c1-14-8-10-17(22-12-14)24-20(26)19(16-6-4-3-5-7-16)21(27)25-18-11-9-15(2)13-23-18/h3-13,19H,1-2H3,(H,22,24,26)(H,23,25,27). The van der Waals surface area contributed by atoms with Gasteiger partial charge in [-0.2, -0.15) is 0 Å². The van der Waals surface area contributed by atoms with Gasteiger partial charge in [0.25, 0.3) is 0 Å². The number of rotatable bonds is 5. The maximum atomic E-state index is 12.9. The van der Waals surface area contributed by atoms with Gasteiger partial charge in [-0.1, -0.05) is 42.5 Å². The molecule has 0 bridgehead atoms. The Morgan fingerprint density at radius 1 is 0.741 bits per heavy atom. The van der Waals surface area contributed by atoms with Crippen LogP contribution in [-0.4, -0.2) is 21.8 Å². The Morgan fingerprint density at radius 2 is 1.22 bits per heavy atom. The van der Waals surface area contributed by atoms with Gasteiger partial charge in [0.15, 0.2) is 0 Å². The van der Waals surface area contributed by atoms with Crippen LogP contribution in [0.15, 0.2) is 67.0 Å². The van der Waals surface area contributed by atoms with Crippen LogP contribution < -0.4 is 10.6 Å². The van der Waals surface area contributed by atoms with Crippen LogP contribution in [0.4, 0.5) is 11.6 Å². The maximum absolute atomic E-state index is 12.9. The number of pyridine rings is 2. The number of amides is 2. The smallest absolute Gasteiger partial charge is 0.242 e. The van der Waals surface area contributed by atoms with Crippen molar-refractivity contribution in [2.75, 3.05) is 10.6 Å². The fraction of sp³-hybridized carbons (Fsp3) is 0.143. The summed E-state index contributed by atoms with van der Waals surface area (Å²) in [6.45, 7) is 3.82. The van der Waals surface area contributed by atoms with Gasteiger partial charge in [0, 0.05) is 12.4 Å². The first-order valence-electron chi connectivity index (χ1n) is 8.55. The molecule has 0 aliphatic carbocycles. The molecule has 136 valence electrons. The number of aryl methyl sites for hydroxylation is 2. The summed E-state index contributed by atoms with van der Waals surface area (Å²) in [6.07, 6.45) is 3.31. The molecule has 2 amide bonds. The lowest BCUT2D eigenvalue weighted by molar-refractivity contribution is -0.126. The molecule has 3 aromatic rings. The molecule has 0 radical (unpaired) electrons. The minimum atomic E-state index is -1.03. The third kappa shape index (κ3) is 4.76. The molecule has 1 aromatic carbocycles. The van der Waals surface area contributed by atoms with E-state index in [0.29, 0.717) is 17.2 Å². The van der Waals surface area contributed by atoms with Crippen molar-refractivity contribution in [1.29, 1.82) is 0 Å². The molecule has 27 heavy (non-hydrogen) atoms. The van der Waals surface area contributed by atoms with E-state index in [1.807, 2.05) is 32.0 Å². The largest absolute Gasteiger partial charge is 0.310 e. The van der Waals surface area contributed by atoms with Crippen LogP contribution in [0, 0.1) is 13.8 Å². The van der Waals surface area contributed by atoms with Crippen molar-refractivity contribution in [2.45, 2.75) is 19.8 Å². The Bertz CT molecular complexity index is 863. The number of anilines is 2. The summed E-state index contributed by atoms with van der Waals surface area (Å²) >= 11 is 0. The zero-order chi connectivity index (χ0) is 19.2. The summed E-state index contributed by atoms with van der Waals surface area (Å²) in [5.74, 6) is -1.15. The maximum Gasteiger partial charge on any atom is 0.242 e. The van der Waals surface area contributed by atoms with Crippen molar-refractivity contribution < 1.29 is 9.59 Å². The summed E-state index contributed by atoms with van der Waals surface area (Å²) in [4.78, 5) is 34.0. The predicted octanol–water partition coefficient (Wildman–Crippen LogP) is 3.45. The van der Waals surface area contributed by atoms with Gasteiger partial charge in [0.05, 0.1) is 0 Å². The fourth-order valence-electron chi connectivity index (χ4n) is 2.55. The molecule has 0 aliphatic rings. The van der Waals surface area contributed by atoms with Gasteiger partial charge in [-0.25, -0.2) is 9.97 Å². The highest BCUT2D eigenvalue weighted by Crippen LogP contribution is 2.20. The van der Waals surface area contributed by atoms with Crippen LogP contribution in [0.25, 0.3) is 0 Å². The summed E-state index contributed by atoms with van der Waals surface area (Å²) in [5.41, 5.74) is 2.55. The fourth-order valence-corrected chi connectivity index (χ4v) is 2.55. The molecule has 0 fully saturated rings. The van der Waals surface area contributed by atoms with Crippen LogP contribution in [0.3, 0.4) is 0 Å². The number of hydrogen-bond acceptors (Lipinski definition) is 4. The van der Waals surface area contributed by atoms with E-state index in [0.717, 1.165) is 11.1 Å². The number of nitrogens with zero attached hydrogens (tertiary/aromatic N) is 2. The summed E-state index contributed by atoms with van der Waals surface area (Å²) < 4.78 is 0. The van der Waals surface area contributed by atoms with E-state index in [1.54, 1.807) is 48.8 Å². The van der Waals surface area contributed by atoms with Gasteiger partial charge in [-0.15, -0.1) is 0 Å². The minimum Gasteiger partial charge on any atom is -0.310 e. The molecule has 6 heteroatoms. The Morgan fingerprint density at radius 3 is 1.63 bits per heavy atom. The molecule has 0 saturated carbocycles. The van der Waals surface area contributed by atoms with E-state index >= 15 is 0 Å². The molecule has 3 rings (SSSR count). The molecular weight excluding hydrogens is 340 g/mol. The SMILES string of the molecule is Cc1ccc(NC(=O)C(C(=O)Nc2ccc(C)cn2)c2ccccc2)nc1. The minimum absolute atomic E-state index is 0.396. The van der Waals surface area contributed by atoms with E-state index in [2.05, 4.69) is 20.6 Å². The highest BCUT2D eigenvalue weighted by Gasteiger charge is 2.29. The first kappa shape index (κ1) is 18.3. The molecule has 0 spiro atoms. The van der Waals surface area contributed by atoms with Crippen molar-refractivity contribution in [1.82, 2.24) is 9.97 Å². The van der Waals surface area contributed by atoms with Gasteiger partial charge in [-0.05, 0) is 42.7 Å². The van der Waals surface area contributed by atoms with Crippen molar-refractivity contribution in [3.63, 3.8) is 0 Å². The Hall–Kier alpha value is -3.54. The van der Waals surface area contributed by atoms with E-state index < -0.39 is 17.7 Å². The summed E-state index contributed by atoms with van der Waals surface area (Å²) in [5, 5.41) is 5.42. The van der Waals surface area contributed by atoms with Crippen molar-refractivity contribution in [3.05, 3.63) is 83.7 Å². The van der Waals surface area contributed by atoms with E-state index in [1.165, 1.54) is 0 Å². The molecule has 2 aromatic heterocycles. The second-order valence-corrected chi connectivity index (χ2v) is 6.26. The summed E-state index contributed by atoms with van der Waals surface area (Å²) in [7, 11) is 0. The first-order valence-corrected chi connectivity index (χ1v) is 8.55. The third-order valence-electron chi connectivity index (χ3n) is 3.98. The molecule has 0 atom stereocenters. The van der Waals surface area contributed by atoms with E-state index in [9.17, 15) is 9.59 Å². The Balaban J connectivity index is 1.84. The molecule has 6 nitrogen and oxygen atoms in total. The third-order valence-corrected chi connectivity index (χ3v) is 3.98. The molecule has 2 N–H and O–H groups in total. The van der Waals surface area contributed by atoms with Crippen molar-refractivity contribution >= 4 is 23.5 Å². The lowest BCUT2D eigenvalue weighted by Crippen LogP contribution is -2.32. The van der Waals surface area contributed by atoms with Crippen molar-refractivity contribution in [3.8, 4) is 0 Å². The van der Waals surface area contributed by atoms with Gasteiger partial charge < -0.3 is 10.6 Å². The highest BCUT2D eigenvalue weighted by atomic mass is 16.2. The van der Waals surface area contributed by atoms with Crippen LogP contribution >= 0.6 is 0 Å². The number of aromatic nitrogens is 2. The highest BCUT2D eigenvalue weighted by molar-refractivity contribution is 6.14. The van der Waals surface area contributed by atoms with Crippen LogP contribution in [0.1, 0.15) is 22.6 Å². The summed E-state index contributed by atoms with van der Waals surface area (Å²) in [6, 6.07) is 16.0. The lowest BCUT2D eigenvalue weighted by Gasteiger charge is -2.17. The number of benzene rings is 1. The monoisotopic (exact) mass is 360 g/mol. The normalized spacial score (nSPS) is 10.5. The average Bonchev–Trinajstić information content (AvgIpc) is 2.66. The average molecular weight is 360 g/mol. The zero-order valence-electron chi connectivity index (χ0n) is 15.1. The number of carbonyl (C=O) groups is 2. The molecule has 2 heterocycles. The second kappa shape index (κ2) is 8.23. The second-order valence-electron chi connectivity index (χ2n) is 6.26. The molecule has 0 saturated heterocycles. The van der Waals surface area contributed by atoms with E-state index in [-0.39, 0.29) is 0 Å². The quantitative estimate of drug-likeness (QED) is 0.683. The van der Waals surface area contributed by atoms with Gasteiger partial charge in [0.2, 0.25) is 11.8 Å². The van der Waals surface area contributed by atoms with E-state index in [4.69, 9.17) is 0 Å². The van der Waals surface area contributed by atoms with Gasteiger partial charge in [0.1, 0.15) is 17.6 Å². The van der Waals surface area contributed by atoms with Gasteiger partial charge in [-0.3, -0.25) is 9.59 Å². The first-order chi connectivity index (χ1) is 13.0. The van der Waals surface area contributed by atoms with Crippen LogP contribution in [0.5, 0.6) is 0 Å². The Labute approximate surface area is 157 Å². The number of nitrogens with one attached hydrogen (secondary N) is 2. The molecular formula is C21H20N4O2. The zero-order valence-corrected chi connectivity index (χ0v) is 15.1. The number of carbonyl (C=O) groups excluding carboxylic acids is 2. The number of hydrogen-bond donors (Lipinski definition) is 2. The molecule has 0 unspecified atom stereocenters. The Kier molecular flexibility index (Phi) is 5.56. The lowest BCUT2D eigenvalue weighted by atomic mass is 9.97. The molecule has 0 aliphatic heterocycles. The van der Waals surface area contributed by atoms with Crippen molar-refractivity contribution in [2.24, 2.45) is 0 Å². The topological polar surface area (TPSA) is 84.0 Å². The van der Waals surface area contributed by atoms with Crippen LogP contribution in [0.2, 0.25) is 0 Å². The van der Waals surface area contributed by atoms with Crippen LogP contribution in [-0.2, 0) is 9.59 Å².